The smallest absolute Gasteiger partial charge is 0.284 e. The predicted octanol–water partition coefficient (Wildman–Crippen LogP) is 4.74. The van der Waals surface area contributed by atoms with Crippen molar-refractivity contribution in [2.45, 2.75) is 35.9 Å². The first-order valence-electron chi connectivity index (χ1n) is 7.86. The molecule has 0 spiro atoms. The van der Waals surface area contributed by atoms with Crippen LogP contribution in [0.3, 0.4) is 0 Å². The molecule has 0 saturated heterocycles. The number of nitro groups is 1. The fraction of sp³-hybridized carbons (Fsp3) is 0.250. The molecule has 3 aromatic rings. The standard InChI is InChI=1S/C16H15N5O3S3/c1-8(2)14-19-20-15(27-14)18-13(22)10-4-5-12(11(6-10)21(23)24)26-16-17-9(3)7-25-16/h4-8H,1-3H3,(H,18,20,22). The van der Waals surface area contributed by atoms with Gasteiger partial charge in [-0.3, -0.25) is 20.2 Å². The Balaban J connectivity index is 1.81. The number of aryl methyl sites for hydroxylation is 1. The molecule has 11 heteroatoms. The van der Waals surface area contributed by atoms with Crippen molar-refractivity contribution < 1.29 is 9.72 Å². The minimum absolute atomic E-state index is 0.138. The van der Waals surface area contributed by atoms with Crippen molar-refractivity contribution >= 4 is 51.2 Å². The Labute approximate surface area is 167 Å². The Morgan fingerprint density at radius 1 is 1.33 bits per heavy atom. The molecule has 0 saturated carbocycles. The van der Waals surface area contributed by atoms with Crippen LogP contribution in [0.15, 0.2) is 32.8 Å². The Hall–Kier alpha value is -2.37. The number of hydrogen-bond donors (Lipinski definition) is 1. The summed E-state index contributed by atoms with van der Waals surface area (Å²) in [7, 11) is 0. The first-order chi connectivity index (χ1) is 12.8. The Morgan fingerprint density at radius 2 is 2.11 bits per heavy atom. The van der Waals surface area contributed by atoms with Gasteiger partial charge in [0.2, 0.25) is 5.13 Å². The van der Waals surface area contributed by atoms with Gasteiger partial charge in [0.25, 0.3) is 11.6 Å². The lowest BCUT2D eigenvalue weighted by atomic mass is 10.2. The molecule has 2 heterocycles. The highest BCUT2D eigenvalue weighted by Crippen LogP contribution is 2.37. The quantitative estimate of drug-likeness (QED) is 0.452. The molecule has 1 aromatic carbocycles. The highest BCUT2D eigenvalue weighted by molar-refractivity contribution is 8.01. The van der Waals surface area contributed by atoms with Crippen molar-refractivity contribution in [1.82, 2.24) is 15.2 Å². The lowest BCUT2D eigenvalue weighted by Gasteiger charge is -2.04. The van der Waals surface area contributed by atoms with E-state index in [0.717, 1.165) is 10.7 Å². The van der Waals surface area contributed by atoms with Gasteiger partial charge in [0, 0.05) is 28.6 Å². The molecule has 0 aliphatic rings. The summed E-state index contributed by atoms with van der Waals surface area (Å²) < 4.78 is 0.711. The Bertz CT molecular complexity index is 999. The summed E-state index contributed by atoms with van der Waals surface area (Å²) in [4.78, 5) is 28.1. The number of rotatable bonds is 6. The highest BCUT2D eigenvalue weighted by Gasteiger charge is 2.20. The van der Waals surface area contributed by atoms with Gasteiger partial charge in [-0.1, -0.05) is 36.9 Å². The zero-order chi connectivity index (χ0) is 19.6. The topological polar surface area (TPSA) is 111 Å². The zero-order valence-corrected chi connectivity index (χ0v) is 17.1. The van der Waals surface area contributed by atoms with E-state index in [1.54, 1.807) is 12.1 Å². The zero-order valence-electron chi connectivity index (χ0n) is 14.6. The SMILES string of the molecule is Cc1csc(Sc2ccc(C(=O)Nc3nnc(C(C)C)s3)cc2[N+](=O)[O-])n1. The van der Waals surface area contributed by atoms with Gasteiger partial charge in [0.1, 0.15) is 5.01 Å². The van der Waals surface area contributed by atoms with E-state index in [1.807, 2.05) is 26.2 Å². The second kappa shape index (κ2) is 8.11. The molecule has 0 aliphatic heterocycles. The van der Waals surface area contributed by atoms with Crippen molar-refractivity contribution in [2.24, 2.45) is 0 Å². The molecule has 140 valence electrons. The lowest BCUT2D eigenvalue weighted by molar-refractivity contribution is -0.387. The molecule has 27 heavy (non-hydrogen) atoms. The van der Waals surface area contributed by atoms with Crippen LogP contribution in [0.5, 0.6) is 0 Å². The lowest BCUT2D eigenvalue weighted by Crippen LogP contribution is -2.12. The third-order valence-corrected chi connectivity index (χ3v) is 6.63. The predicted molar refractivity (Wildman–Crippen MR) is 106 cm³/mol. The van der Waals surface area contributed by atoms with E-state index in [1.165, 1.54) is 40.5 Å². The van der Waals surface area contributed by atoms with Crippen molar-refractivity contribution in [1.29, 1.82) is 0 Å². The van der Waals surface area contributed by atoms with Crippen molar-refractivity contribution in [3.8, 4) is 0 Å². The molecule has 1 N–H and O–H groups in total. The van der Waals surface area contributed by atoms with Crippen molar-refractivity contribution in [3.63, 3.8) is 0 Å². The van der Waals surface area contributed by atoms with Gasteiger partial charge in [0.05, 0.1) is 9.82 Å². The van der Waals surface area contributed by atoms with Crippen LogP contribution in [0.25, 0.3) is 0 Å². The summed E-state index contributed by atoms with van der Waals surface area (Å²) in [5.41, 5.74) is 0.905. The maximum absolute atomic E-state index is 12.4. The molecule has 3 rings (SSSR count). The van der Waals surface area contributed by atoms with E-state index in [-0.39, 0.29) is 17.2 Å². The number of anilines is 1. The number of carbonyl (C=O) groups is 1. The molecule has 0 atom stereocenters. The number of aromatic nitrogens is 3. The van der Waals surface area contributed by atoms with Crippen LogP contribution in [0, 0.1) is 17.0 Å². The Kier molecular flexibility index (Phi) is 5.82. The van der Waals surface area contributed by atoms with Crippen LogP contribution in [-0.2, 0) is 0 Å². The summed E-state index contributed by atoms with van der Waals surface area (Å²) in [5, 5.41) is 25.1. The molecular formula is C16H15N5O3S3. The van der Waals surface area contributed by atoms with Crippen LogP contribution < -0.4 is 5.32 Å². The average Bonchev–Trinajstić information content (AvgIpc) is 3.24. The number of nitro benzene ring substituents is 1. The molecule has 0 aliphatic carbocycles. The van der Waals surface area contributed by atoms with Gasteiger partial charge >= 0.3 is 0 Å². The van der Waals surface area contributed by atoms with Crippen LogP contribution in [0.2, 0.25) is 0 Å². The summed E-state index contributed by atoms with van der Waals surface area (Å²) in [5.74, 6) is -0.258. The number of hydrogen-bond acceptors (Lipinski definition) is 9. The number of nitrogens with one attached hydrogen (secondary N) is 1. The van der Waals surface area contributed by atoms with E-state index in [0.29, 0.717) is 14.4 Å². The number of thiazole rings is 1. The minimum Gasteiger partial charge on any atom is -0.296 e. The summed E-state index contributed by atoms with van der Waals surface area (Å²) in [6, 6.07) is 4.38. The van der Waals surface area contributed by atoms with Gasteiger partial charge in [-0.2, -0.15) is 0 Å². The first kappa shape index (κ1) is 19.4. The van der Waals surface area contributed by atoms with Gasteiger partial charge in [-0.15, -0.1) is 21.5 Å². The summed E-state index contributed by atoms with van der Waals surface area (Å²) in [6.45, 7) is 5.83. The van der Waals surface area contributed by atoms with E-state index in [4.69, 9.17) is 0 Å². The molecular weight excluding hydrogens is 406 g/mol. The van der Waals surface area contributed by atoms with E-state index in [9.17, 15) is 14.9 Å². The second-order valence-electron chi connectivity index (χ2n) is 5.85. The molecule has 0 unspecified atom stereocenters. The van der Waals surface area contributed by atoms with Crippen LogP contribution >= 0.6 is 34.4 Å². The third-order valence-electron chi connectivity index (χ3n) is 3.37. The number of carbonyl (C=O) groups excluding carboxylic acids is 1. The van der Waals surface area contributed by atoms with Gasteiger partial charge in [-0.05, 0) is 19.1 Å². The summed E-state index contributed by atoms with van der Waals surface area (Å²) >= 11 is 3.91. The highest BCUT2D eigenvalue weighted by atomic mass is 32.2. The molecule has 2 aromatic heterocycles. The monoisotopic (exact) mass is 421 g/mol. The maximum atomic E-state index is 12.4. The third kappa shape index (κ3) is 4.67. The van der Waals surface area contributed by atoms with Crippen LogP contribution in [0.1, 0.15) is 40.8 Å². The molecule has 0 fully saturated rings. The fourth-order valence-corrected chi connectivity index (χ4v) is 4.67. The van der Waals surface area contributed by atoms with E-state index < -0.39 is 10.8 Å². The number of benzene rings is 1. The largest absolute Gasteiger partial charge is 0.296 e. The van der Waals surface area contributed by atoms with E-state index >= 15 is 0 Å². The molecule has 8 nitrogen and oxygen atoms in total. The van der Waals surface area contributed by atoms with Gasteiger partial charge in [0.15, 0.2) is 4.34 Å². The van der Waals surface area contributed by atoms with Crippen LogP contribution in [0.4, 0.5) is 10.8 Å². The van der Waals surface area contributed by atoms with Crippen LogP contribution in [-0.4, -0.2) is 26.0 Å². The Morgan fingerprint density at radius 3 is 2.70 bits per heavy atom. The average molecular weight is 422 g/mol. The number of amides is 1. The first-order valence-corrected chi connectivity index (χ1v) is 10.4. The number of nitrogens with zero attached hydrogens (tertiary/aromatic N) is 4. The second-order valence-corrected chi connectivity index (χ2v) is 9.01. The van der Waals surface area contributed by atoms with Crippen molar-refractivity contribution in [2.75, 3.05) is 5.32 Å². The fourth-order valence-electron chi connectivity index (χ4n) is 2.05. The minimum atomic E-state index is -0.499. The van der Waals surface area contributed by atoms with Gasteiger partial charge in [-0.25, -0.2) is 4.98 Å². The van der Waals surface area contributed by atoms with Crippen molar-refractivity contribution in [3.05, 3.63) is 50.0 Å². The summed E-state index contributed by atoms with van der Waals surface area (Å²) in [6.07, 6.45) is 0. The molecule has 0 bridgehead atoms. The normalized spacial score (nSPS) is 11.0. The molecule has 1 amide bonds. The molecule has 0 radical (unpaired) electrons. The maximum Gasteiger partial charge on any atom is 0.284 e. The van der Waals surface area contributed by atoms with Gasteiger partial charge < -0.3 is 0 Å². The van der Waals surface area contributed by atoms with E-state index in [2.05, 4.69) is 20.5 Å².